The Hall–Kier alpha value is -2.24. The first-order valence-corrected chi connectivity index (χ1v) is 8.99. The van der Waals surface area contributed by atoms with Crippen molar-refractivity contribution in [2.24, 2.45) is 5.92 Å². The van der Waals surface area contributed by atoms with Crippen molar-refractivity contribution in [1.82, 2.24) is 10.2 Å². The molecule has 1 aromatic rings. The lowest BCUT2D eigenvalue weighted by molar-refractivity contribution is -0.124. The fraction of sp³-hybridized carbons (Fsp3) is 0.579. The average molecular weight is 346 g/mol. The summed E-state index contributed by atoms with van der Waals surface area (Å²) in [7, 11) is 5.41. The molecule has 0 spiro atoms. The lowest BCUT2D eigenvalue weighted by atomic mass is 10.1. The van der Waals surface area contributed by atoms with Gasteiger partial charge in [0, 0.05) is 33.7 Å². The SMILES string of the molecule is CNC(=O)[C@H](C)CN(C)C(=O)Nc1ccccc1N(C)C1CCCC1. The number of anilines is 2. The first-order chi connectivity index (χ1) is 11.9. The number of hydrogen-bond donors (Lipinski definition) is 2. The number of benzene rings is 1. The Kier molecular flexibility index (Phi) is 6.67. The van der Waals surface area contributed by atoms with Crippen LogP contribution in [0.2, 0.25) is 0 Å². The minimum atomic E-state index is -0.253. The highest BCUT2D eigenvalue weighted by molar-refractivity contribution is 5.93. The van der Waals surface area contributed by atoms with Gasteiger partial charge in [0.1, 0.15) is 0 Å². The summed E-state index contributed by atoms with van der Waals surface area (Å²) >= 11 is 0. The molecule has 0 bridgehead atoms. The van der Waals surface area contributed by atoms with Crippen LogP contribution in [0, 0.1) is 5.92 Å². The molecule has 1 aliphatic rings. The Morgan fingerprint density at radius 2 is 1.84 bits per heavy atom. The third-order valence-electron chi connectivity index (χ3n) is 4.99. The third kappa shape index (κ3) is 4.87. The van der Waals surface area contributed by atoms with Gasteiger partial charge in [-0.05, 0) is 25.0 Å². The quantitative estimate of drug-likeness (QED) is 0.832. The van der Waals surface area contributed by atoms with Crippen molar-refractivity contribution in [3.8, 4) is 0 Å². The first-order valence-electron chi connectivity index (χ1n) is 8.99. The summed E-state index contributed by atoms with van der Waals surface area (Å²) in [5.74, 6) is -0.321. The van der Waals surface area contributed by atoms with Gasteiger partial charge < -0.3 is 20.4 Å². The molecule has 2 rings (SSSR count). The van der Waals surface area contributed by atoms with Crippen LogP contribution in [0.3, 0.4) is 0 Å². The molecule has 3 amide bonds. The maximum absolute atomic E-state index is 12.5. The van der Waals surface area contributed by atoms with E-state index in [1.165, 1.54) is 25.7 Å². The molecule has 1 aliphatic carbocycles. The Bertz CT molecular complexity index is 599. The maximum atomic E-state index is 12.5. The maximum Gasteiger partial charge on any atom is 0.321 e. The minimum Gasteiger partial charge on any atom is -0.370 e. The standard InChI is InChI=1S/C19H30N4O2/c1-14(18(24)20-2)13-22(3)19(25)21-16-11-7-8-12-17(16)23(4)15-9-5-6-10-15/h7-8,11-12,14-15H,5-6,9-10,13H2,1-4H3,(H,20,24)(H,21,25)/t14-/m1/s1. The average Bonchev–Trinajstić information content (AvgIpc) is 3.15. The number of amides is 3. The number of urea groups is 1. The highest BCUT2D eigenvalue weighted by atomic mass is 16.2. The molecule has 6 nitrogen and oxygen atoms in total. The highest BCUT2D eigenvalue weighted by Gasteiger charge is 2.23. The topological polar surface area (TPSA) is 64.7 Å². The molecule has 1 aromatic carbocycles. The zero-order valence-corrected chi connectivity index (χ0v) is 15.7. The number of para-hydroxylation sites is 2. The number of carbonyl (C=O) groups is 2. The lowest BCUT2D eigenvalue weighted by Gasteiger charge is -2.29. The Balaban J connectivity index is 2.04. The number of carbonyl (C=O) groups excluding carboxylic acids is 2. The van der Waals surface area contributed by atoms with Gasteiger partial charge >= 0.3 is 6.03 Å². The number of nitrogens with one attached hydrogen (secondary N) is 2. The van der Waals surface area contributed by atoms with E-state index in [1.807, 2.05) is 31.2 Å². The molecular formula is C19H30N4O2. The summed E-state index contributed by atoms with van der Waals surface area (Å²) in [5.41, 5.74) is 1.84. The fourth-order valence-corrected chi connectivity index (χ4v) is 3.41. The van der Waals surface area contributed by atoms with E-state index in [2.05, 4.69) is 22.6 Å². The van der Waals surface area contributed by atoms with E-state index in [4.69, 9.17) is 0 Å². The van der Waals surface area contributed by atoms with E-state index >= 15 is 0 Å². The molecule has 0 unspecified atom stereocenters. The number of hydrogen-bond acceptors (Lipinski definition) is 3. The molecule has 1 atom stereocenters. The van der Waals surface area contributed by atoms with Crippen LogP contribution < -0.4 is 15.5 Å². The van der Waals surface area contributed by atoms with Gasteiger partial charge in [0.2, 0.25) is 5.91 Å². The molecule has 6 heteroatoms. The molecule has 0 heterocycles. The van der Waals surface area contributed by atoms with E-state index in [0.29, 0.717) is 12.6 Å². The second-order valence-corrected chi connectivity index (χ2v) is 6.89. The van der Waals surface area contributed by atoms with Gasteiger partial charge in [-0.1, -0.05) is 31.9 Å². The van der Waals surface area contributed by atoms with Crippen molar-refractivity contribution in [3.63, 3.8) is 0 Å². The van der Waals surface area contributed by atoms with Crippen LogP contribution in [-0.2, 0) is 4.79 Å². The van der Waals surface area contributed by atoms with Gasteiger partial charge in [0.15, 0.2) is 0 Å². The molecule has 0 saturated heterocycles. The second-order valence-electron chi connectivity index (χ2n) is 6.89. The van der Waals surface area contributed by atoms with Crippen LogP contribution in [0.25, 0.3) is 0 Å². The van der Waals surface area contributed by atoms with E-state index in [1.54, 1.807) is 19.0 Å². The van der Waals surface area contributed by atoms with Gasteiger partial charge in [-0.2, -0.15) is 0 Å². The van der Waals surface area contributed by atoms with Gasteiger partial charge in [-0.15, -0.1) is 0 Å². The van der Waals surface area contributed by atoms with Crippen molar-refractivity contribution in [2.75, 3.05) is 37.9 Å². The molecule has 138 valence electrons. The predicted molar refractivity (Wildman–Crippen MR) is 102 cm³/mol. The van der Waals surface area contributed by atoms with E-state index in [-0.39, 0.29) is 17.9 Å². The monoisotopic (exact) mass is 346 g/mol. The van der Waals surface area contributed by atoms with Gasteiger partial charge in [0.05, 0.1) is 17.3 Å². The molecule has 2 N–H and O–H groups in total. The van der Waals surface area contributed by atoms with Crippen molar-refractivity contribution in [1.29, 1.82) is 0 Å². The molecule has 1 fully saturated rings. The third-order valence-corrected chi connectivity index (χ3v) is 4.99. The van der Waals surface area contributed by atoms with Crippen LogP contribution >= 0.6 is 0 Å². The summed E-state index contributed by atoms with van der Waals surface area (Å²) in [6.07, 6.45) is 4.93. The summed E-state index contributed by atoms with van der Waals surface area (Å²) in [6, 6.07) is 8.21. The van der Waals surface area contributed by atoms with Crippen LogP contribution in [0.15, 0.2) is 24.3 Å². The molecular weight excluding hydrogens is 316 g/mol. The van der Waals surface area contributed by atoms with Crippen molar-refractivity contribution in [3.05, 3.63) is 24.3 Å². The summed E-state index contributed by atoms with van der Waals surface area (Å²) in [5, 5.41) is 5.60. The van der Waals surface area contributed by atoms with Crippen LogP contribution in [0.4, 0.5) is 16.2 Å². The minimum absolute atomic E-state index is 0.0685. The van der Waals surface area contributed by atoms with Gasteiger partial charge in [0.25, 0.3) is 0 Å². The van der Waals surface area contributed by atoms with E-state index in [0.717, 1.165) is 11.4 Å². The number of rotatable bonds is 6. The van der Waals surface area contributed by atoms with Gasteiger partial charge in [-0.25, -0.2) is 4.79 Å². The van der Waals surface area contributed by atoms with Crippen LogP contribution in [-0.4, -0.2) is 50.6 Å². The molecule has 25 heavy (non-hydrogen) atoms. The zero-order valence-electron chi connectivity index (χ0n) is 15.7. The normalized spacial score (nSPS) is 15.5. The summed E-state index contributed by atoms with van der Waals surface area (Å²) < 4.78 is 0. The van der Waals surface area contributed by atoms with E-state index in [9.17, 15) is 9.59 Å². The summed E-state index contributed by atoms with van der Waals surface area (Å²) in [6.45, 7) is 2.18. The number of nitrogens with zero attached hydrogens (tertiary/aromatic N) is 2. The van der Waals surface area contributed by atoms with Crippen molar-refractivity contribution in [2.45, 2.75) is 38.6 Å². The summed E-state index contributed by atoms with van der Waals surface area (Å²) in [4.78, 5) is 28.0. The fourth-order valence-electron chi connectivity index (χ4n) is 3.41. The van der Waals surface area contributed by atoms with Crippen molar-refractivity contribution >= 4 is 23.3 Å². The lowest BCUT2D eigenvalue weighted by Crippen LogP contribution is -2.39. The smallest absolute Gasteiger partial charge is 0.321 e. The highest BCUT2D eigenvalue weighted by Crippen LogP contribution is 2.31. The van der Waals surface area contributed by atoms with Crippen LogP contribution in [0.5, 0.6) is 0 Å². The predicted octanol–water partition coefficient (Wildman–Crippen LogP) is 2.91. The van der Waals surface area contributed by atoms with Gasteiger partial charge in [-0.3, -0.25) is 4.79 Å². The second kappa shape index (κ2) is 8.74. The first kappa shape index (κ1) is 19.1. The molecule has 0 aromatic heterocycles. The Morgan fingerprint density at radius 3 is 2.48 bits per heavy atom. The Morgan fingerprint density at radius 1 is 1.20 bits per heavy atom. The molecule has 1 saturated carbocycles. The Labute approximate surface area is 150 Å². The molecule has 0 radical (unpaired) electrons. The zero-order chi connectivity index (χ0) is 18.4. The van der Waals surface area contributed by atoms with Crippen LogP contribution in [0.1, 0.15) is 32.6 Å². The van der Waals surface area contributed by atoms with E-state index < -0.39 is 0 Å². The van der Waals surface area contributed by atoms with Crippen molar-refractivity contribution < 1.29 is 9.59 Å². The molecule has 0 aliphatic heterocycles. The largest absolute Gasteiger partial charge is 0.370 e.